The van der Waals surface area contributed by atoms with Crippen LogP contribution in [0.3, 0.4) is 0 Å². The van der Waals surface area contributed by atoms with Gasteiger partial charge in [-0.3, -0.25) is 0 Å². The molecule has 5 nitrogen and oxygen atoms in total. The fraction of sp³-hybridized carbons (Fsp3) is 0.294. The third-order valence-corrected chi connectivity index (χ3v) is 5.93. The zero-order valence-electron chi connectivity index (χ0n) is 13.7. The number of rotatable bonds is 4. The lowest BCUT2D eigenvalue weighted by molar-refractivity contribution is -0.274. The lowest BCUT2D eigenvalue weighted by Gasteiger charge is -2.35. The van der Waals surface area contributed by atoms with Crippen LogP contribution in [0.5, 0.6) is 5.75 Å². The number of anilines is 1. The zero-order valence-corrected chi connectivity index (χ0v) is 14.5. The molecular formula is C17H17F3N2O3S. The second-order valence-corrected chi connectivity index (χ2v) is 7.69. The Balaban J connectivity index is 1.72. The summed E-state index contributed by atoms with van der Waals surface area (Å²) >= 11 is 0. The third-order valence-electron chi connectivity index (χ3n) is 4.04. The summed E-state index contributed by atoms with van der Waals surface area (Å²) in [7, 11) is -3.89. The number of alkyl halides is 3. The van der Waals surface area contributed by atoms with Gasteiger partial charge < -0.3 is 9.64 Å². The molecule has 1 fully saturated rings. The SMILES string of the molecule is O=S(=O)(c1cccc(OC(F)(F)F)c1)N1CCN(c2ccccc2)CC1. The molecule has 9 heteroatoms. The maximum Gasteiger partial charge on any atom is 0.573 e. The van der Waals surface area contributed by atoms with Crippen molar-refractivity contribution in [1.29, 1.82) is 0 Å². The molecule has 2 aromatic carbocycles. The van der Waals surface area contributed by atoms with Crippen molar-refractivity contribution < 1.29 is 26.3 Å². The predicted molar refractivity (Wildman–Crippen MR) is 90.5 cm³/mol. The smallest absolute Gasteiger partial charge is 0.406 e. The van der Waals surface area contributed by atoms with Crippen molar-refractivity contribution in [2.45, 2.75) is 11.3 Å². The molecule has 2 aromatic rings. The van der Waals surface area contributed by atoms with Gasteiger partial charge in [-0.2, -0.15) is 4.31 Å². The van der Waals surface area contributed by atoms with Crippen LogP contribution in [0.4, 0.5) is 18.9 Å². The molecule has 0 aromatic heterocycles. The van der Waals surface area contributed by atoms with Gasteiger partial charge in [-0.05, 0) is 24.3 Å². The average Bonchev–Trinajstić information content (AvgIpc) is 2.61. The predicted octanol–water partition coefficient (Wildman–Crippen LogP) is 3.10. The van der Waals surface area contributed by atoms with Crippen LogP contribution in [0.25, 0.3) is 0 Å². The maximum atomic E-state index is 12.7. The molecule has 0 amide bonds. The summed E-state index contributed by atoms with van der Waals surface area (Å²) in [6.07, 6.45) is -4.87. The number of halogens is 3. The third kappa shape index (κ3) is 4.28. The van der Waals surface area contributed by atoms with Crippen LogP contribution >= 0.6 is 0 Å². The van der Waals surface area contributed by atoms with Crippen molar-refractivity contribution in [3.05, 3.63) is 54.6 Å². The summed E-state index contributed by atoms with van der Waals surface area (Å²) in [5, 5.41) is 0. The van der Waals surface area contributed by atoms with Gasteiger partial charge in [0, 0.05) is 37.9 Å². The summed E-state index contributed by atoms with van der Waals surface area (Å²) in [6.45, 7) is 1.51. The molecule has 1 saturated heterocycles. The maximum absolute atomic E-state index is 12.7. The molecule has 0 atom stereocenters. The van der Waals surface area contributed by atoms with E-state index in [-0.39, 0.29) is 18.0 Å². The Morgan fingerprint density at radius 1 is 0.885 bits per heavy atom. The van der Waals surface area contributed by atoms with E-state index in [1.807, 2.05) is 30.3 Å². The number of piperazine rings is 1. The first-order chi connectivity index (χ1) is 12.3. The Bertz CT molecular complexity index is 849. The van der Waals surface area contributed by atoms with E-state index in [2.05, 4.69) is 9.64 Å². The Kier molecular flexibility index (Phi) is 5.10. The Labute approximate surface area is 149 Å². The minimum absolute atomic E-state index is 0.215. The molecule has 0 spiro atoms. The molecule has 0 aliphatic carbocycles. The molecule has 0 bridgehead atoms. The largest absolute Gasteiger partial charge is 0.573 e. The van der Waals surface area contributed by atoms with Gasteiger partial charge in [0.15, 0.2) is 0 Å². The van der Waals surface area contributed by atoms with E-state index in [0.29, 0.717) is 13.1 Å². The Hall–Kier alpha value is -2.26. The molecule has 0 unspecified atom stereocenters. The van der Waals surface area contributed by atoms with Gasteiger partial charge in [0.1, 0.15) is 5.75 Å². The Morgan fingerprint density at radius 3 is 2.15 bits per heavy atom. The minimum Gasteiger partial charge on any atom is -0.406 e. The van der Waals surface area contributed by atoms with E-state index in [1.165, 1.54) is 16.4 Å². The summed E-state index contributed by atoms with van der Waals surface area (Å²) in [5.41, 5.74) is 1.00. The van der Waals surface area contributed by atoms with Gasteiger partial charge >= 0.3 is 6.36 Å². The summed E-state index contributed by atoms with van der Waals surface area (Å²) < 4.78 is 67.5. The average molecular weight is 386 g/mol. The van der Waals surface area contributed by atoms with E-state index in [0.717, 1.165) is 17.8 Å². The molecule has 0 saturated carbocycles. The van der Waals surface area contributed by atoms with Crippen molar-refractivity contribution in [3.8, 4) is 5.75 Å². The first kappa shape index (κ1) is 18.5. The first-order valence-corrected chi connectivity index (χ1v) is 9.36. The molecule has 3 rings (SSSR count). The van der Waals surface area contributed by atoms with Gasteiger partial charge in [-0.25, -0.2) is 8.42 Å². The second-order valence-electron chi connectivity index (χ2n) is 5.75. The number of ether oxygens (including phenoxy) is 1. The van der Waals surface area contributed by atoms with E-state index < -0.39 is 22.1 Å². The highest BCUT2D eigenvalue weighted by molar-refractivity contribution is 7.89. The molecule has 0 N–H and O–H groups in total. The Morgan fingerprint density at radius 2 is 1.54 bits per heavy atom. The van der Waals surface area contributed by atoms with Crippen molar-refractivity contribution in [1.82, 2.24) is 4.31 Å². The number of hydrogen-bond donors (Lipinski definition) is 0. The number of para-hydroxylation sites is 1. The van der Waals surface area contributed by atoms with Crippen LogP contribution < -0.4 is 9.64 Å². The van der Waals surface area contributed by atoms with Gasteiger partial charge in [0.05, 0.1) is 4.90 Å². The second kappa shape index (κ2) is 7.16. The van der Waals surface area contributed by atoms with E-state index in [4.69, 9.17) is 0 Å². The van der Waals surface area contributed by atoms with Crippen LogP contribution in [0.15, 0.2) is 59.5 Å². The topological polar surface area (TPSA) is 49.9 Å². The van der Waals surface area contributed by atoms with Crippen LogP contribution in [0.2, 0.25) is 0 Å². The first-order valence-electron chi connectivity index (χ1n) is 7.92. The fourth-order valence-corrected chi connectivity index (χ4v) is 4.26. The molecule has 1 aliphatic rings. The number of nitrogens with zero attached hydrogens (tertiary/aromatic N) is 2. The molecule has 140 valence electrons. The van der Waals surface area contributed by atoms with E-state index in [9.17, 15) is 21.6 Å². The highest BCUT2D eigenvalue weighted by Crippen LogP contribution is 2.27. The van der Waals surface area contributed by atoms with Gasteiger partial charge in [-0.1, -0.05) is 24.3 Å². The van der Waals surface area contributed by atoms with Crippen molar-refractivity contribution in [3.63, 3.8) is 0 Å². The van der Waals surface area contributed by atoms with Crippen molar-refractivity contribution in [2.24, 2.45) is 0 Å². The molecule has 26 heavy (non-hydrogen) atoms. The summed E-state index contributed by atoms with van der Waals surface area (Å²) in [6, 6.07) is 14.1. The van der Waals surface area contributed by atoms with E-state index >= 15 is 0 Å². The number of sulfonamides is 1. The number of benzene rings is 2. The molecule has 0 radical (unpaired) electrons. The van der Waals surface area contributed by atoms with E-state index in [1.54, 1.807) is 0 Å². The van der Waals surface area contributed by atoms with Gasteiger partial charge in [0.2, 0.25) is 10.0 Å². The summed E-state index contributed by atoms with van der Waals surface area (Å²) in [5.74, 6) is -0.554. The summed E-state index contributed by atoms with van der Waals surface area (Å²) in [4.78, 5) is 1.85. The van der Waals surface area contributed by atoms with Gasteiger partial charge in [0.25, 0.3) is 0 Å². The van der Waals surface area contributed by atoms with Gasteiger partial charge in [-0.15, -0.1) is 13.2 Å². The standard InChI is InChI=1S/C17H17F3N2O3S/c18-17(19,20)25-15-7-4-8-16(13-15)26(23,24)22-11-9-21(10-12-22)14-5-2-1-3-6-14/h1-8,13H,9-12H2. The molecule has 1 aliphatic heterocycles. The van der Waals surface area contributed by atoms with Crippen LogP contribution in [0, 0.1) is 0 Å². The highest BCUT2D eigenvalue weighted by Gasteiger charge is 2.33. The van der Waals surface area contributed by atoms with Crippen LogP contribution in [0.1, 0.15) is 0 Å². The van der Waals surface area contributed by atoms with Crippen molar-refractivity contribution in [2.75, 3.05) is 31.1 Å². The van der Waals surface area contributed by atoms with Crippen molar-refractivity contribution >= 4 is 15.7 Å². The fourth-order valence-electron chi connectivity index (χ4n) is 2.81. The number of hydrogen-bond acceptors (Lipinski definition) is 4. The lowest BCUT2D eigenvalue weighted by atomic mass is 10.2. The molecular weight excluding hydrogens is 369 g/mol. The molecule has 1 heterocycles. The normalized spacial score (nSPS) is 16.5. The highest BCUT2D eigenvalue weighted by atomic mass is 32.2. The lowest BCUT2D eigenvalue weighted by Crippen LogP contribution is -2.48. The van der Waals surface area contributed by atoms with Crippen LogP contribution in [-0.2, 0) is 10.0 Å². The quantitative estimate of drug-likeness (QED) is 0.810. The minimum atomic E-state index is -4.87. The van der Waals surface area contributed by atoms with Crippen LogP contribution in [-0.4, -0.2) is 45.3 Å². The monoisotopic (exact) mass is 386 g/mol. The zero-order chi connectivity index (χ0) is 18.8.